The first-order chi connectivity index (χ1) is 9.74. The number of hydrogen-bond acceptors (Lipinski definition) is 0. The van der Waals surface area contributed by atoms with E-state index in [1.165, 1.54) is 25.7 Å². The van der Waals surface area contributed by atoms with Gasteiger partial charge in [0.25, 0.3) is 0 Å². The van der Waals surface area contributed by atoms with Crippen LogP contribution < -0.4 is 0 Å². The van der Waals surface area contributed by atoms with E-state index in [0.717, 1.165) is 12.3 Å². The number of rotatable bonds is 5. The first-order valence-corrected chi connectivity index (χ1v) is 8.78. The third-order valence-electron chi connectivity index (χ3n) is 4.49. The summed E-state index contributed by atoms with van der Waals surface area (Å²) in [6.07, 6.45) is 22.0. The second-order valence-corrected chi connectivity index (χ2v) is 7.20. The van der Waals surface area contributed by atoms with E-state index in [1.54, 1.807) is 9.15 Å². The zero-order chi connectivity index (χ0) is 14.4. The molecule has 0 aromatic rings. The maximum Gasteiger partial charge on any atom is -0.0125 e. The van der Waals surface area contributed by atoms with E-state index < -0.39 is 0 Å². The van der Waals surface area contributed by atoms with E-state index in [1.807, 2.05) is 6.08 Å². The van der Waals surface area contributed by atoms with Crippen molar-refractivity contribution >= 4 is 22.6 Å². The van der Waals surface area contributed by atoms with Crippen molar-refractivity contribution in [2.75, 3.05) is 0 Å². The minimum Gasteiger partial charge on any atom is -0.103 e. The van der Waals surface area contributed by atoms with Crippen LogP contribution in [0.2, 0.25) is 0 Å². The standard InChI is InChI=1S/C19H25I/c1-3-5-9-15(4-2)17-12-18(14-19(20)13-17)16-10-7-6-8-11-16/h3-4,6-8,10,14,16-18H,1,5,9,11-13H2,2H3/b15-4+. The van der Waals surface area contributed by atoms with Gasteiger partial charge in [-0.05, 0) is 83.0 Å². The van der Waals surface area contributed by atoms with Crippen LogP contribution in [-0.4, -0.2) is 0 Å². The van der Waals surface area contributed by atoms with Crippen molar-refractivity contribution in [3.8, 4) is 0 Å². The molecule has 0 nitrogen and oxygen atoms in total. The first-order valence-electron chi connectivity index (χ1n) is 7.70. The van der Waals surface area contributed by atoms with Crippen molar-refractivity contribution in [2.45, 2.75) is 39.0 Å². The fraction of sp³-hybridized carbons (Fsp3) is 0.474. The second-order valence-electron chi connectivity index (χ2n) is 5.82. The monoisotopic (exact) mass is 380 g/mol. The summed E-state index contributed by atoms with van der Waals surface area (Å²) in [5, 5.41) is 0. The molecule has 108 valence electrons. The van der Waals surface area contributed by atoms with Crippen LogP contribution in [0.5, 0.6) is 0 Å². The van der Waals surface area contributed by atoms with Crippen molar-refractivity contribution < 1.29 is 0 Å². The van der Waals surface area contributed by atoms with E-state index >= 15 is 0 Å². The Labute approximate surface area is 137 Å². The van der Waals surface area contributed by atoms with E-state index in [4.69, 9.17) is 0 Å². The van der Waals surface area contributed by atoms with Crippen molar-refractivity contribution in [1.29, 1.82) is 0 Å². The van der Waals surface area contributed by atoms with Crippen LogP contribution >= 0.6 is 22.6 Å². The molecular formula is C19H25I. The Hall–Kier alpha value is -0.570. The van der Waals surface area contributed by atoms with Gasteiger partial charge < -0.3 is 0 Å². The van der Waals surface area contributed by atoms with Gasteiger partial charge in [-0.25, -0.2) is 0 Å². The Morgan fingerprint density at radius 2 is 2.25 bits per heavy atom. The molecule has 0 aromatic carbocycles. The summed E-state index contributed by atoms with van der Waals surface area (Å²) < 4.78 is 1.55. The lowest BCUT2D eigenvalue weighted by atomic mass is 9.74. The predicted molar refractivity (Wildman–Crippen MR) is 97.9 cm³/mol. The maximum atomic E-state index is 3.86. The highest BCUT2D eigenvalue weighted by atomic mass is 127. The molecule has 20 heavy (non-hydrogen) atoms. The van der Waals surface area contributed by atoms with Crippen molar-refractivity contribution in [3.63, 3.8) is 0 Å². The fourth-order valence-electron chi connectivity index (χ4n) is 3.37. The van der Waals surface area contributed by atoms with Gasteiger partial charge in [0.1, 0.15) is 0 Å². The smallest absolute Gasteiger partial charge is 0.0125 e. The first kappa shape index (κ1) is 15.8. The Balaban J connectivity index is 2.06. The van der Waals surface area contributed by atoms with Crippen molar-refractivity contribution in [1.82, 2.24) is 0 Å². The van der Waals surface area contributed by atoms with Crippen LogP contribution in [0.3, 0.4) is 0 Å². The van der Waals surface area contributed by atoms with Crippen molar-refractivity contribution in [3.05, 3.63) is 58.3 Å². The van der Waals surface area contributed by atoms with Crippen molar-refractivity contribution in [2.24, 2.45) is 17.8 Å². The van der Waals surface area contributed by atoms with Gasteiger partial charge in [0.05, 0.1) is 0 Å². The Morgan fingerprint density at radius 3 is 2.90 bits per heavy atom. The molecule has 2 aliphatic rings. The summed E-state index contributed by atoms with van der Waals surface area (Å²) in [6, 6.07) is 0. The normalized spacial score (nSPS) is 30.2. The summed E-state index contributed by atoms with van der Waals surface area (Å²) >= 11 is 2.54. The largest absolute Gasteiger partial charge is 0.103 e. The van der Waals surface area contributed by atoms with Gasteiger partial charge in [-0.15, -0.1) is 6.58 Å². The predicted octanol–water partition coefficient (Wildman–Crippen LogP) is 6.38. The van der Waals surface area contributed by atoms with E-state index in [2.05, 4.69) is 72.5 Å². The van der Waals surface area contributed by atoms with E-state index in [-0.39, 0.29) is 0 Å². The molecule has 1 heteroatoms. The molecule has 0 N–H and O–H groups in total. The zero-order valence-corrected chi connectivity index (χ0v) is 14.6. The van der Waals surface area contributed by atoms with Crippen LogP contribution in [0.4, 0.5) is 0 Å². The average Bonchev–Trinajstić information content (AvgIpc) is 2.48. The van der Waals surface area contributed by atoms with E-state index in [0.29, 0.717) is 11.8 Å². The van der Waals surface area contributed by atoms with Crippen LogP contribution in [0.15, 0.2) is 58.3 Å². The topological polar surface area (TPSA) is 0 Å². The summed E-state index contributed by atoms with van der Waals surface area (Å²) in [4.78, 5) is 0. The summed E-state index contributed by atoms with van der Waals surface area (Å²) in [5.41, 5.74) is 1.63. The number of hydrogen-bond donors (Lipinski definition) is 0. The van der Waals surface area contributed by atoms with Crippen LogP contribution in [-0.2, 0) is 0 Å². The highest BCUT2D eigenvalue weighted by Gasteiger charge is 2.27. The molecule has 3 atom stereocenters. The maximum absolute atomic E-state index is 3.86. The van der Waals surface area contributed by atoms with E-state index in [9.17, 15) is 0 Å². The third-order valence-corrected chi connectivity index (χ3v) is 5.29. The number of allylic oxidation sites excluding steroid dienone is 9. The minimum atomic E-state index is 0.699. The summed E-state index contributed by atoms with van der Waals surface area (Å²) in [6.45, 7) is 6.05. The molecule has 0 heterocycles. The average molecular weight is 380 g/mol. The molecule has 0 bridgehead atoms. The minimum absolute atomic E-state index is 0.699. The van der Waals surface area contributed by atoms with Gasteiger partial charge in [-0.3, -0.25) is 0 Å². The SMILES string of the molecule is C=CCC/C(=C\C)C1CC(I)=CC(C2C=CC=CC2)C1. The highest BCUT2D eigenvalue weighted by Crippen LogP contribution is 2.41. The quantitative estimate of drug-likeness (QED) is 0.384. The molecule has 0 amide bonds. The van der Waals surface area contributed by atoms with Crippen LogP contribution in [0.1, 0.15) is 39.0 Å². The highest BCUT2D eigenvalue weighted by molar-refractivity contribution is 14.1. The molecule has 0 spiro atoms. The van der Waals surface area contributed by atoms with Gasteiger partial charge in [0, 0.05) is 0 Å². The fourth-order valence-corrected chi connectivity index (χ4v) is 4.36. The van der Waals surface area contributed by atoms with Crippen LogP contribution in [0.25, 0.3) is 0 Å². The molecule has 0 saturated heterocycles. The molecule has 0 aromatic heterocycles. The molecule has 2 aliphatic carbocycles. The second kappa shape index (κ2) is 8.02. The summed E-state index contributed by atoms with van der Waals surface area (Å²) in [7, 11) is 0. The number of halogens is 1. The lowest BCUT2D eigenvalue weighted by Gasteiger charge is -2.33. The third kappa shape index (κ3) is 4.21. The summed E-state index contributed by atoms with van der Waals surface area (Å²) in [5.74, 6) is 2.15. The zero-order valence-electron chi connectivity index (χ0n) is 12.4. The van der Waals surface area contributed by atoms with Crippen LogP contribution in [0, 0.1) is 17.8 Å². The van der Waals surface area contributed by atoms with Gasteiger partial charge in [0.15, 0.2) is 0 Å². The van der Waals surface area contributed by atoms with Gasteiger partial charge in [0.2, 0.25) is 0 Å². The molecular weight excluding hydrogens is 355 g/mol. The molecule has 0 saturated carbocycles. The molecule has 2 rings (SSSR count). The Bertz CT molecular complexity index is 450. The lowest BCUT2D eigenvalue weighted by Crippen LogP contribution is -2.21. The lowest BCUT2D eigenvalue weighted by molar-refractivity contribution is 0.362. The molecule has 0 fully saturated rings. The molecule has 3 unspecified atom stereocenters. The van der Waals surface area contributed by atoms with Gasteiger partial charge in [-0.2, -0.15) is 0 Å². The Morgan fingerprint density at radius 1 is 1.40 bits per heavy atom. The molecule has 0 radical (unpaired) electrons. The van der Waals surface area contributed by atoms with Gasteiger partial charge >= 0.3 is 0 Å². The van der Waals surface area contributed by atoms with Gasteiger partial charge in [-0.1, -0.05) is 48.1 Å². The molecule has 0 aliphatic heterocycles. The Kier molecular flexibility index (Phi) is 6.34.